The van der Waals surface area contributed by atoms with Crippen molar-refractivity contribution in [3.63, 3.8) is 0 Å². The number of aromatic carboxylic acids is 1. The van der Waals surface area contributed by atoms with Crippen LogP contribution in [0.5, 0.6) is 0 Å². The van der Waals surface area contributed by atoms with Gasteiger partial charge in [-0.15, -0.1) is 11.3 Å². The summed E-state index contributed by atoms with van der Waals surface area (Å²) in [5.41, 5.74) is -0.0293. The minimum absolute atomic E-state index is 0.0293. The lowest BCUT2D eigenvalue weighted by Gasteiger charge is -2.07. The fourth-order valence-corrected chi connectivity index (χ4v) is 2.10. The van der Waals surface area contributed by atoms with E-state index < -0.39 is 5.97 Å². The van der Waals surface area contributed by atoms with E-state index in [0.29, 0.717) is 24.8 Å². The van der Waals surface area contributed by atoms with Crippen LogP contribution in [0.25, 0.3) is 10.7 Å². The molecule has 0 aliphatic rings. The Hall–Kier alpha value is -1.99. The lowest BCUT2D eigenvalue weighted by atomic mass is 10.3. The number of anilines is 1. The first-order chi connectivity index (χ1) is 9.20. The molecular formula is C12H13N3O3S. The summed E-state index contributed by atoms with van der Waals surface area (Å²) >= 11 is 1.46. The van der Waals surface area contributed by atoms with Gasteiger partial charge in [0.25, 0.3) is 0 Å². The van der Waals surface area contributed by atoms with Gasteiger partial charge in [0.05, 0.1) is 11.5 Å². The van der Waals surface area contributed by atoms with Gasteiger partial charge in [-0.2, -0.15) is 0 Å². The standard InChI is InChI=1S/C12H13N3O3S/c1-18-5-4-13-10-7-8(12(16)17)14-11(15-10)9-3-2-6-19-9/h2-3,6-7H,4-5H2,1H3,(H,16,17)(H,13,14,15). The van der Waals surface area contributed by atoms with Gasteiger partial charge in [0, 0.05) is 19.7 Å². The van der Waals surface area contributed by atoms with E-state index >= 15 is 0 Å². The van der Waals surface area contributed by atoms with Crippen LogP contribution in [0.3, 0.4) is 0 Å². The molecule has 0 fully saturated rings. The molecule has 0 radical (unpaired) electrons. The molecule has 0 atom stereocenters. The number of thiophene rings is 1. The number of ether oxygens (including phenoxy) is 1. The number of aromatic nitrogens is 2. The number of carboxylic acids is 1. The molecule has 0 unspecified atom stereocenters. The van der Waals surface area contributed by atoms with Crippen molar-refractivity contribution < 1.29 is 14.6 Å². The zero-order valence-electron chi connectivity index (χ0n) is 10.3. The summed E-state index contributed by atoms with van der Waals surface area (Å²) in [5.74, 6) is -0.183. The van der Waals surface area contributed by atoms with Crippen molar-refractivity contribution in [2.24, 2.45) is 0 Å². The summed E-state index contributed by atoms with van der Waals surface area (Å²) in [6, 6.07) is 5.13. The third kappa shape index (κ3) is 3.49. The predicted molar refractivity (Wildman–Crippen MR) is 72.7 cm³/mol. The van der Waals surface area contributed by atoms with Crippen LogP contribution in [0.2, 0.25) is 0 Å². The van der Waals surface area contributed by atoms with E-state index in [0.717, 1.165) is 4.88 Å². The molecule has 2 heterocycles. The van der Waals surface area contributed by atoms with Gasteiger partial charge >= 0.3 is 5.97 Å². The molecule has 2 aromatic heterocycles. The number of nitrogens with one attached hydrogen (secondary N) is 1. The second-order valence-corrected chi connectivity index (χ2v) is 4.61. The van der Waals surface area contributed by atoms with E-state index in [2.05, 4.69) is 15.3 Å². The molecule has 0 amide bonds. The van der Waals surface area contributed by atoms with Crippen molar-refractivity contribution in [3.05, 3.63) is 29.3 Å². The maximum Gasteiger partial charge on any atom is 0.354 e. The summed E-state index contributed by atoms with van der Waals surface area (Å²) in [6.45, 7) is 1.07. The molecule has 0 saturated carbocycles. The Bertz CT molecular complexity index is 557. The van der Waals surface area contributed by atoms with E-state index in [9.17, 15) is 4.79 Å². The Kier molecular flexibility index (Phi) is 4.43. The molecule has 0 aliphatic heterocycles. The third-order valence-electron chi connectivity index (χ3n) is 2.30. The molecule has 0 aliphatic carbocycles. The van der Waals surface area contributed by atoms with Crippen LogP contribution in [0.15, 0.2) is 23.6 Å². The van der Waals surface area contributed by atoms with Crippen LogP contribution in [0.4, 0.5) is 5.82 Å². The van der Waals surface area contributed by atoms with Crippen molar-refractivity contribution in [1.82, 2.24) is 9.97 Å². The molecule has 100 valence electrons. The van der Waals surface area contributed by atoms with Crippen LogP contribution in [0, 0.1) is 0 Å². The van der Waals surface area contributed by atoms with Crippen LogP contribution in [-0.4, -0.2) is 41.3 Å². The second-order valence-electron chi connectivity index (χ2n) is 3.66. The maximum atomic E-state index is 11.1. The summed E-state index contributed by atoms with van der Waals surface area (Å²) in [7, 11) is 1.60. The highest BCUT2D eigenvalue weighted by Gasteiger charge is 2.12. The Balaban J connectivity index is 2.30. The van der Waals surface area contributed by atoms with Crippen LogP contribution in [0.1, 0.15) is 10.5 Å². The number of methoxy groups -OCH3 is 1. The Morgan fingerprint density at radius 1 is 1.53 bits per heavy atom. The number of carbonyl (C=O) groups is 1. The highest BCUT2D eigenvalue weighted by Crippen LogP contribution is 2.22. The molecule has 19 heavy (non-hydrogen) atoms. The number of carboxylic acid groups (broad SMARTS) is 1. The molecule has 2 aromatic rings. The number of hydrogen-bond donors (Lipinski definition) is 2. The maximum absolute atomic E-state index is 11.1. The fourth-order valence-electron chi connectivity index (χ4n) is 1.44. The third-order valence-corrected chi connectivity index (χ3v) is 3.16. The number of hydrogen-bond acceptors (Lipinski definition) is 6. The fraction of sp³-hybridized carbons (Fsp3) is 0.250. The van der Waals surface area contributed by atoms with Gasteiger partial charge in [-0.1, -0.05) is 6.07 Å². The van der Waals surface area contributed by atoms with Gasteiger partial charge in [-0.05, 0) is 11.4 Å². The van der Waals surface area contributed by atoms with E-state index in [1.807, 2.05) is 17.5 Å². The smallest absolute Gasteiger partial charge is 0.354 e. The summed E-state index contributed by atoms with van der Waals surface area (Å²) in [6.07, 6.45) is 0. The van der Waals surface area contributed by atoms with Gasteiger partial charge in [-0.3, -0.25) is 0 Å². The zero-order valence-corrected chi connectivity index (χ0v) is 11.1. The van der Waals surface area contributed by atoms with E-state index in [1.54, 1.807) is 7.11 Å². The lowest BCUT2D eigenvalue weighted by Crippen LogP contribution is -2.11. The minimum Gasteiger partial charge on any atom is -0.477 e. The van der Waals surface area contributed by atoms with E-state index in [-0.39, 0.29) is 5.69 Å². The zero-order chi connectivity index (χ0) is 13.7. The molecular weight excluding hydrogens is 266 g/mol. The second kappa shape index (κ2) is 6.26. The molecule has 0 saturated heterocycles. The number of rotatable bonds is 6. The molecule has 2 rings (SSSR count). The van der Waals surface area contributed by atoms with Crippen LogP contribution < -0.4 is 5.32 Å². The van der Waals surface area contributed by atoms with E-state index in [4.69, 9.17) is 9.84 Å². The molecule has 0 bridgehead atoms. The van der Waals surface area contributed by atoms with Crippen molar-refractivity contribution in [2.75, 3.05) is 25.6 Å². The highest BCUT2D eigenvalue weighted by atomic mass is 32.1. The monoisotopic (exact) mass is 279 g/mol. The number of nitrogens with zero attached hydrogens (tertiary/aromatic N) is 2. The molecule has 7 heteroatoms. The first kappa shape index (κ1) is 13.4. The van der Waals surface area contributed by atoms with E-state index in [1.165, 1.54) is 17.4 Å². The normalized spacial score (nSPS) is 10.4. The van der Waals surface area contributed by atoms with Crippen molar-refractivity contribution in [1.29, 1.82) is 0 Å². The SMILES string of the molecule is COCCNc1cc(C(=O)O)nc(-c2cccs2)n1. The van der Waals surface area contributed by atoms with Gasteiger partial charge in [0.1, 0.15) is 5.82 Å². The molecule has 0 aromatic carbocycles. The summed E-state index contributed by atoms with van der Waals surface area (Å²) in [5, 5.41) is 14.0. The average Bonchev–Trinajstić information content (AvgIpc) is 2.92. The first-order valence-electron chi connectivity index (χ1n) is 5.60. The van der Waals surface area contributed by atoms with Crippen LogP contribution >= 0.6 is 11.3 Å². The van der Waals surface area contributed by atoms with Gasteiger partial charge in [-0.25, -0.2) is 14.8 Å². The largest absolute Gasteiger partial charge is 0.477 e. The highest BCUT2D eigenvalue weighted by molar-refractivity contribution is 7.13. The van der Waals surface area contributed by atoms with Crippen molar-refractivity contribution >= 4 is 23.1 Å². The van der Waals surface area contributed by atoms with Crippen molar-refractivity contribution in [3.8, 4) is 10.7 Å². The molecule has 2 N–H and O–H groups in total. The molecule has 6 nitrogen and oxygen atoms in total. The van der Waals surface area contributed by atoms with Gasteiger partial charge < -0.3 is 15.2 Å². The molecule has 0 spiro atoms. The van der Waals surface area contributed by atoms with Crippen molar-refractivity contribution in [2.45, 2.75) is 0 Å². The topological polar surface area (TPSA) is 84.3 Å². The minimum atomic E-state index is -1.07. The summed E-state index contributed by atoms with van der Waals surface area (Å²) < 4.78 is 4.92. The van der Waals surface area contributed by atoms with Gasteiger partial charge in [0.2, 0.25) is 0 Å². The quantitative estimate of drug-likeness (QED) is 0.786. The Morgan fingerprint density at radius 2 is 2.37 bits per heavy atom. The summed E-state index contributed by atoms with van der Waals surface area (Å²) in [4.78, 5) is 20.2. The first-order valence-corrected chi connectivity index (χ1v) is 6.47. The average molecular weight is 279 g/mol. The lowest BCUT2D eigenvalue weighted by molar-refractivity contribution is 0.0690. The van der Waals surface area contributed by atoms with Gasteiger partial charge in [0.15, 0.2) is 11.5 Å². The Labute approximate surface area is 114 Å². The van der Waals surface area contributed by atoms with Crippen LogP contribution in [-0.2, 0) is 4.74 Å². The Morgan fingerprint density at radius 3 is 3.00 bits per heavy atom. The predicted octanol–water partition coefficient (Wildman–Crippen LogP) is 1.96.